The van der Waals surface area contributed by atoms with Crippen LogP contribution in [-0.2, 0) is 9.59 Å². The van der Waals surface area contributed by atoms with Crippen LogP contribution in [0.1, 0.15) is 57.8 Å². The van der Waals surface area contributed by atoms with Crippen LogP contribution in [0.25, 0.3) is 0 Å². The van der Waals surface area contributed by atoms with E-state index in [-0.39, 0.29) is 23.9 Å². The van der Waals surface area contributed by atoms with Gasteiger partial charge < -0.3 is 10.6 Å². The van der Waals surface area contributed by atoms with Crippen LogP contribution >= 0.6 is 0 Å². The molecular weight excluding hydrogens is 216 g/mol. The number of hydrogen-bond donors (Lipinski definition) is 2. The van der Waals surface area contributed by atoms with E-state index in [0.29, 0.717) is 6.42 Å². The van der Waals surface area contributed by atoms with Gasteiger partial charge in [0, 0.05) is 12.3 Å². The van der Waals surface area contributed by atoms with Gasteiger partial charge in [0.25, 0.3) is 0 Å². The smallest absolute Gasteiger partial charge is 0.224 e. The molecule has 0 radical (unpaired) electrons. The molecule has 4 heteroatoms. The molecule has 1 aliphatic carbocycles. The Hall–Kier alpha value is -1.06. The second-order valence-electron chi connectivity index (χ2n) is 5.21. The first-order chi connectivity index (χ1) is 8.25. The van der Waals surface area contributed by atoms with E-state index in [9.17, 15) is 9.59 Å². The van der Waals surface area contributed by atoms with Crippen molar-refractivity contribution < 1.29 is 9.59 Å². The van der Waals surface area contributed by atoms with Crippen molar-refractivity contribution in [2.75, 3.05) is 0 Å². The quantitative estimate of drug-likeness (QED) is 0.769. The van der Waals surface area contributed by atoms with Gasteiger partial charge in [0.05, 0.1) is 0 Å². The largest absolute Gasteiger partial charge is 0.336 e. The molecule has 0 aromatic carbocycles. The minimum atomic E-state index is -0.139. The monoisotopic (exact) mass is 238 g/mol. The van der Waals surface area contributed by atoms with Gasteiger partial charge in [0.1, 0.15) is 6.17 Å². The maximum absolute atomic E-state index is 12.0. The van der Waals surface area contributed by atoms with Gasteiger partial charge in [0.2, 0.25) is 11.8 Å². The Morgan fingerprint density at radius 3 is 2.53 bits per heavy atom. The first-order valence-corrected chi connectivity index (χ1v) is 6.85. The Balaban J connectivity index is 1.81. The van der Waals surface area contributed by atoms with Crippen LogP contribution in [0, 0.1) is 5.92 Å². The van der Waals surface area contributed by atoms with Crippen LogP contribution in [0.2, 0.25) is 0 Å². The van der Waals surface area contributed by atoms with Crippen LogP contribution < -0.4 is 10.6 Å². The molecule has 1 unspecified atom stereocenters. The maximum atomic E-state index is 12.0. The summed E-state index contributed by atoms with van der Waals surface area (Å²) in [5.41, 5.74) is 0. The molecule has 2 aliphatic rings. The van der Waals surface area contributed by atoms with Gasteiger partial charge in [-0.1, -0.05) is 19.3 Å². The minimum absolute atomic E-state index is 0.0662. The van der Waals surface area contributed by atoms with E-state index in [1.54, 1.807) is 0 Å². The van der Waals surface area contributed by atoms with Gasteiger partial charge in [0.15, 0.2) is 0 Å². The van der Waals surface area contributed by atoms with Crippen molar-refractivity contribution in [3.63, 3.8) is 0 Å². The van der Waals surface area contributed by atoms with E-state index < -0.39 is 0 Å². The molecule has 0 aromatic rings. The zero-order chi connectivity index (χ0) is 12.1. The number of nitrogens with one attached hydrogen (secondary N) is 2. The summed E-state index contributed by atoms with van der Waals surface area (Å²) >= 11 is 0. The Morgan fingerprint density at radius 1 is 1.06 bits per heavy atom. The van der Waals surface area contributed by atoms with Crippen molar-refractivity contribution in [1.82, 2.24) is 10.6 Å². The Morgan fingerprint density at radius 2 is 1.76 bits per heavy atom. The molecule has 96 valence electrons. The third kappa shape index (κ3) is 3.72. The van der Waals surface area contributed by atoms with Gasteiger partial charge in [-0.15, -0.1) is 0 Å². The molecule has 2 N–H and O–H groups in total. The first-order valence-electron chi connectivity index (χ1n) is 6.85. The minimum Gasteiger partial charge on any atom is -0.336 e. The van der Waals surface area contributed by atoms with E-state index in [0.717, 1.165) is 44.9 Å². The van der Waals surface area contributed by atoms with Gasteiger partial charge >= 0.3 is 0 Å². The molecule has 2 amide bonds. The highest BCUT2D eigenvalue weighted by Gasteiger charge is 2.24. The summed E-state index contributed by atoms with van der Waals surface area (Å²) in [7, 11) is 0. The van der Waals surface area contributed by atoms with Crippen molar-refractivity contribution in [1.29, 1.82) is 0 Å². The molecule has 17 heavy (non-hydrogen) atoms. The van der Waals surface area contributed by atoms with E-state index in [4.69, 9.17) is 0 Å². The molecule has 0 bridgehead atoms. The summed E-state index contributed by atoms with van der Waals surface area (Å²) in [6.45, 7) is 0. The summed E-state index contributed by atoms with van der Waals surface area (Å²) in [5, 5.41) is 5.87. The molecule has 2 rings (SSSR count). The van der Waals surface area contributed by atoms with Crippen molar-refractivity contribution in [3.8, 4) is 0 Å². The van der Waals surface area contributed by atoms with Crippen molar-refractivity contribution in [2.45, 2.75) is 64.0 Å². The van der Waals surface area contributed by atoms with Gasteiger partial charge in [-0.25, -0.2) is 0 Å². The molecule has 1 heterocycles. The predicted octanol–water partition coefficient (Wildman–Crippen LogP) is 1.70. The summed E-state index contributed by atoms with van der Waals surface area (Å²) in [6, 6.07) is 0. The molecule has 0 spiro atoms. The van der Waals surface area contributed by atoms with Crippen LogP contribution in [0.15, 0.2) is 0 Å². The fraction of sp³-hybridized carbons (Fsp3) is 0.846. The Labute approximate surface area is 103 Å². The number of carbonyl (C=O) groups excluding carboxylic acids is 2. The van der Waals surface area contributed by atoms with Crippen molar-refractivity contribution in [3.05, 3.63) is 0 Å². The second kappa shape index (κ2) is 6.03. The summed E-state index contributed by atoms with van der Waals surface area (Å²) in [4.78, 5) is 23.4. The Bertz CT molecular complexity index is 285. The highest BCUT2D eigenvalue weighted by Crippen LogP contribution is 2.23. The number of hydrogen-bond acceptors (Lipinski definition) is 2. The van der Waals surface area contributed by atoms with Gasteiger partial charge in [-0.05, 0) is 32.1 Å². The topological polar surface area (TPSA) is 58.2 Å². The summed E-state index contributed by atoms with van der Waals surface area (Å²) in [5.74, 6) is 0.372. The third-order valence-corrected chi connectivity index (χ3v) is 3.77. The lowest BCUT2D eigenvalue weighted by molar-refractivity contribution is -0.127. The lowest BCUT2D eigenvalue weighted by Gasteiger charge is -2.24. The fourth-order valence-electron chi connectivity index (χ4n) is 2.74. The number of carbonyl (C=O) groups is 2. The standard InChI is InChI=1S/C13H22N2O2/c16-12-9-5-4-8-11(14-12)15-13(17)10-6-2-1-3-7-10/h10-11H,1-9H2,(H,14,16)(H,15,17). The molecule has 1 atom stereocenters. The molecule has 2 fully saturated rings. The SMILES string of the molecule is O=C1CCCCC(NC(=O)C2CCCCC2)N1. The lowest BCUT2D eigenvalue weighted by Crippen LogP contribution is -2.48. The lowest BCUT2D eigenvalue weighted by atomic mass is 9.88. The molecule has 1 saturated heterocycles. The molecule has 4 nitrogen and oxygen atoms in total. The average Bonchev–Trinajstić information content (AvgIpc) is 2.55. The van der Waals surface area contributed by atoms with Gasteiger partial charge in [-0.2, -0.15) is 0 Å². The van der Waals surface area contributed by atoms with Crippen LogP contribution in [-0.4, -0.2) is 18.0 Å². The fourth-order valence-corrected chi connectivity index (χ4v) is 2.74. The first kappa shape index (κ1) is 12.4. The number of amides is 2. The van der Waals surface area contributed by atoms with Gasteiger partial charge in [-0.3, -0.25) is 9.59 Å². The second-order valence-corrected chi connectivity index (χ2v) is 5.21. The van der Waals surface area contributed by atoms with Crippen molar-refractivity contribution in [2.24, 2.45) is 5.92 Å². The maximum Gasteiger partial charge on any atom is 0.224 e. The zero-order valence-electron chi connectivity index (χ0n) is 10.3. The molecule has 0 aromatic heterocycles. The highest BCUT2D eigenvalue weighted by molar-refractivity contribution is 5.81. The molecular formula is C13H22N2O2. The van der Waals surface area contributed by atoms with E-state index in [2.05, 4.69) is 10.6 Å². The van der Waals surface area contributed by atoms with E-state index >= 15 is 0 Å². The Kier molecular flexibility index (Phi) is 4.40. The molecule has 1 aliphatic heterocycles. The summed E-state index contributed by atoms with van der Waals surface area (Å²) in [6.07, 6.45) is 8.85. The van der Waals surface area contributed by atoms with Crippen LogP contribution in [0.3, 0.4) is 0 Å². The predicted molar refractivity (Wildman–Crippen MR) is 65.1 cm³/mol. The average molecular weight is 238 g/mol. The zero-order valence-corrected chi connectivity index (χ0v) is 10.3. The van der Waals surface area contributed by atoms with Crippen LogP contribution in [0.4, 0.5) is 0 Å². The summed E-state index contributed by atoms with van der Waals surface area (Å²) < 4.78 is 0. The van der Waals surface area contributed by atoms with Crippen LogP contribution in [0.5, 0.6) is 0 Å². The molecule has 1 saturated carbocycles. The normalized spacial score (nSPS) is 27.1. The number of rotatable bonds is 2. The highest BCUT2D eigenvalue weighted by atomic mass is 16.2. The van der Waals surface area contributed by atoms with E-state index in [1.165, 1.54) is 6.42 Å². The van der Waals surface area contributed by atoms with E-state index in [1.807, 2.05) is 0 Å². The van der Waals surface area contributed by atoms with Crippen molar-refractivity contribution >= 4 is 11.8 Å². The third-order valence-electron chi connectivity index (χ3n) is 3.77.